The van der Waals surface area contributed by atoms with E-state index in [4.69, 9.17) is 4.74 Å². The smallest absolute Gasteiger partial charge is 0.348 e. The van der Waals surface area contributed by atoms with Crippen molar-refractivity contribution in [3.05, 3.63) is 51.4 Å². The number of nitrogens with one attached hydrogen (secondary N) is 1. The molecule has 0 aliphatic carbocycles. The summed E-state index contributed by atoms with van der Waals surface area (Å²) in [5, 5.41) is 4.13. The zero-order chi connectivity index (χ0) is 20.4. The SMILES string of the molecule is COC(=O)c1sc2nc(C)nc(NCc3ccc(F)c(CN(C)C)c3)c2c1C. The molecule has 148 valence electrons. The molecule has 3 aromatic rings. The van der Waals surface area contributed by atoms with Gasteiger partial charge < -0.3 is 15.0 Å². The first-order valence-electron chi connectivity index (χ1n) is 8.82. The third-order valence-corrected chi connectivity index (χ3v) is 5.50. The number of aryl methyl sites for hydroxylation is 2. The minimum Gasteiger partial charge on any atom is -0.465 e. The number of carbonyl (C=O) groups excluding carboxylic acids is 1. The van der Waals surface area contributed by atoms with Crippen LogP contribution in [0, 0.1) is 19.7 Å². The number of esters is 1. The molecular formula is C20H23FN4O2S. The molecule has 1 N–H and O–H groups in total. The van der Waals surface area contributed by atoms with E-state index in [0.29, 0.717) is 35.2 Å². The summed E-state index contributed by atoms with van der Waals surface area (Å²) in [6, 6.07) is 5.10. The molecular weight excluding hydrogens is 379 g/mol. The van der Waals surface area contributed by atoms with E-state index >= 15 is 0 Å². The van der Waals surface area contributed by atoms with Crippen LogP contribution in [-0.2, 0) is 17.8 Å². The Morgan fingerprint density at radius 1 is 1.29 bits per heavy atom. The van der Waals surface area contributed by atoms with Crippen LogP contribution in [0.1, 0.15) is 32.2 Å². The van der Waals surface area contributed by atoms with E-state index in [1.165, 1.54) is 24.5 Å². The fraction of sp³-hybridized carbons (Fsp3) is 0.350. The normalized spacial score (nSPS) is 11.2. The molecule has 3 rings (SSSR count). The van der Waals surface area contributed by atoms with Crippen LogP contribution in [0.3, 0.4) is 0 Å². The van der Waals surface area contributed by atoms with Crippen molar-refractivity contribution in [1.82, 2.24) is 14.9 Å². The van der Waals surface area contributed by atoms with Gasteiger partial charge in [-0.2, -0.15) is 0 Å². The van der Waals surface area contributed by atoms with E-state index in [9.17, 15) is 9.18 Å². The van der Waals surface area contributed by atoms with Crippen LogP contribution in [0.2, 0.25) is 0 Å². The second-order valence-electron chi connectivity index (χ2n) is 6.86. The first-order chi connectivity index (χ1) is 13.3. The molecule has 2 aromatic heterocycles. The van der Waals surface area contributed by atoms with Crippen molar-refractivity contribution in [3.63, 3.8) is 0 Å². The lowest BCUT2D eigenvalue weighted by Gasteiger charge is -2.13. The maximum Gasteiger partial charge on any atom is 0.348 e. The monoisotopic (exact) mass is 402 g/mol. The Balaban J connectivity index is 1.92. The Morgan fingerprint density at radius 3 is 2.71 bits per heavy atom. The largest absolute Gasteiger partial charge is 0.465 e. The van der Waals surface area contributed by atoms with Gasteiger partial charge in [0.2, 0.25) is 0 Å². The Kier molecular flexibility index (Phi) is 5.90. The first kappa shape index (κ1) is 20.2. The van der Waals surface area contributed by atoms with E-state index in [2.05, 4.69) is 15.3 Å². The quantitative estimate of drug-likeness (QED) is 0.631. The first-order valence-corrected chi connectivity index (χ1v) is 9.63. The molecule has 0 unspecified atom stereocenters. The highest BCUT2D eigenvalue weighted by Gasteiger charge is 2.20. The number of ether oxygens (including phenoxy) is 1. The van der Waals surface area contributed by atoms with Gasteiger partial charge in [0.05, 0.1) is 12.5 Å². The van der Waals surface area contributed by atoms with Crippen molar-refractivity contribution in [1.29, 1.82) is 0 Å². The minimum atomic E-state index is -0.379. The van der Waals surface area contributed by atoms with Crippen LogP contribution >= 0.6 is 11.3 Å². The lowest BCUT2D eigenvalue weighted by Crippen LogP contribution is -2.12. The van der Waals surface area contributed by atoms with E-state index in [-0.39, 0.29) is 11.8 Å². The van der Waals surface area contributed by atoms with Gasteiger partial charge in [-0.3, -0.25) is 0 Å². The van der Waals surface area contributed by atoms with Gasteiger partial charge in [0.25, 0.3) is 0 Å². The highest BCUT2D eigenvalue weighted by Crippen LogP contribution is 2.34. The Labute approximate surface area is 167 Å². The molecule has 0 saturated carbocycles. The lowest BCUT2D eigenvalue weighted by molar-refractivity contribution is 0.0605. The fourth-order valence-electron chi connectivity index (χ4n) is 3.05. The zero-order valence-electron chi connectivity index (χ0n) is 16.6. The van der Waals surface area contributed by atoms with Crippen molar-refractivity contribution in [2.24, 2.45) is 0 Å². The second-order valence-corrected chi connectivity index (χ2v) is 7.86. The summed E-state index contributed by atoms with van der Waals surface area (Å²) in [5.41, 5.74) is 2.39. The van der Waals surface area contributed by atoms with Gasteiger partial charge in [0, 0.05) is 18.7 Å². The summed E-state index contributed by atoms with van der Waals surface area (Å²) in [5.74, 6) is 0.676. The summed E-state index contributed by atoms with van der Waals surface area (Å²) in [4.78, 5) is 24.2. The van der Waals surface area contributed by atoms with Crippen LogP contribution in [0.15, 0.2) is 18.2 Å². The van der Waals surface area contributed by atoms with Crippen LogP contribution in [0.25, 0.3) is 10.2 Å². The third kappa shape index (κ3) is 4.13. The summed E-state index contributed by atoms with van der Waals surface area (Å²) < 4.78 is 18.9. The molecule has 8 heteroatoms. The predicted molar refractivity (Wildman–Crippen MR) is 109 cm³/mol. The maximum absolute atomic E-state index is 14.0. The molecule has 0 spiro atoms. The van der Waals surface area contributed by atoms with Gasteiger partial charge in [-0.25, -0.2) is 19.2 Å². The van der Waals surface area contributed by atoms with Gasteiger partial charge >= 0.3 is 5.97 Å². The standard InChI is InChI=1S/C20H23FN4O2S/c1-11-16-18(23-12(2)24-19(16)28-17(11)20(26)27-5)22-9-13-6-7-15(21)14(8-13)10-25(3)4/h6-8H,9-10H2,1-5H3,(H,22,23,24). The van der Waals surface area contributed by atoms with Gasteiger partial charge in [0.15, 0.2) is 0 Å². The average Bonchev–Trinajstić information content (AvgIpc) is 2.97. The Hall–Kier alpha value is -2.58. The molecule has 0 radical (unpaired) electrons. The van der Waals surface area contributed by atoms with Crippen molar-refractivity contribution < 1.29 is 13.9 Å². The van der Waals surface area contributed by atoms with Gasteiger partial charge in [-0.1, -0.05) is 6.07 Å². The third-order valence-electron chi connectivity index (χ3n) is 4.33. The zero-order valence-corrected chi connectivity index (χ0v) is 17.4. The maximum atomic E-state index is 14.0. The summed E-state index contributed by atoms with van der Waals surface area (Å²) >= 11 is 1.30. The molecule has 0 saturated heterocycles. The van der Waals surface area contributed by atoms with Gasteiger partial charge in [-0.15, -0.1) is 11.3 Å². The molecule has 2 heterocycles. The van der Waals surface area contributed by atoms with E-state index < -0.39 is 0 Å². The molecule has 1 aromatic carbocycles. The lowest BCUT2D eigenvalue weighted by atomic mass is 10.1. The molecule has 0 aliphatic rings. The number of halogens is 1. The molecule has 6 nitrogen and oxygen atoms in total. The number of anilines is 1. The number of carbonyl (C=O) groups is 1. The van der Waals surface area contributed by atoms with Crippen LogP contribution in [-0.4, -0.2) is 42.0 Å². The number of benzene rings is 1. The Bertz CT molecular complexity index is 1030. The highest BCUT2D eigenvalue weighted by atomic mass is 32.1. The Morgan fingerprint density at radius 2 is 2.04 bits per heavy atom. The number of hydrogen-bond acceptors (Lipinski definition) is 7. The number of thiophene rings is 1. The second kappa shape index (κ2) is 8.20. The van der Waals surface area contributed by atoms with Crippen LogP contribution < -0.4 is 5.32 Å². The average molecular weight is 402 g/mol. The van der Waals surface area contributed by atoms with E-state index in [0.717, 1.165) is 21.3 Å². The van der Waals surface area contributed by atoms with Crippen molar-refractivity contribution in [3.8, 4) is 0 Å². The minimum absolute atomic E-state index is 0.214. The number of hydrogen-bond donors (Lipinski definition) is 1. The molecule has 0 atom stereocenters. The fourth-order valence-corrected chi connectivity index (χ4v) is 4.19. The van der Waals surface area contributed by atoms with Gasteiger partial charge in [-0.05, 0) is 51.2 Å². The molecule has 0 aliphatic heterocycles. The molecule has 0 bridgehead atoms. The van der Waals surface area contributed by atoms with E-state index in [1.807, 2.05) is 38.9 Å². The van der Waals surface area contributed by atoms with Gasteiger partial charge in [0.1, 0.15) is 27.2 Å². The van der Waals surface area contributed by atoms with Crippen LogP contribution in [0.4, 0.5) is 10.2 Å². The number of rotatable bonds is 6. The number of aromatic nitrogens is 2. The van der Waals surface area contributed by atoms with Crippen LogP contribution in [0.5, 0.6) is 0 Å². The summed E-state index contributed by atoms with van der Waals surface area (Å²) in [6.07, 6.45) is 0. The summed E-state index contributed by atoms with van der Waals surface area (Å²) in [7, 11) is 5.17. The van der Waals surface area contributed by atoms with Crippen molar-refractivity contribution in [2.75, 3.05) is 26.5 Å². The molecule has 0 fully saturated rings. The topological polar surface area (TPSA) is 67.3 Å². The van der Waals surface area contributed by atoms with Crippen molar-refractivity contribution >= 4 is 33.3 Å². The molecule has 0 amide bonds. The highest BCUT2D eigenvalue weighted by molar-refractivity contribution is 7.20. The number of fused-ring (bicyclic) bond motifs is 1. The number of nitrogens with zero attached hydrogens (tertiary/aromatic N) is 3. The predicted octanol–water partition coefficient (Wildman–Crippen LogP) is 3.91. The van der Waals surface area contributed by atoms with E-state index in [1.54, 1.807) is 6.07 Å². The summed E-state index contributed by atoms with van der Waals surface area (Å²) in [6.45, 7) is 4.68. The van der Waals surface area contributed by atoms with Crippen molar-refractivity contribution in [2.45, 2.75) is 26.9 Å². The number of methoxy groups -OCH3 is 1. The molecule has 28 heavy (non-hydrogen) atoms.